The minimum Gasteiger partial charge on any atom is -0.450 e. The quantitative estimate of drug-likeness (QED) is 0.471. The van der Waals surface area contributed by atoms with Gasteiger partial charge in [0.05, 0.1) is 6.61 Å². The van der Waals surface area contributed by atoms with Gasteiger partial charge in [0.15, 0.2) is 5.65 Å². The zero-order valence-electron chi connectivity index (χ0n) is 23.3. The Bertz CT molecular complexity index is 1400. The van der Waals surface area contributed by atoms with Crippen LogP contribution in [0.4, 0.5) is 16.4 Å². The summed E-state index contributed by atoms with van der Waals surface area (Å²) in [6, 6.07) is 12.4. The molecule has 0 spiro atoms. The van der Waals surface area contributed by atoms with Crippen molar-refractivity contribution < 1.29 is 14.3 Å². The first-order chi connectivity index (χ1) is 19.5. The first kappa shape index (κ1) is 26.3. The Balaban J connectivity index is 1.15. The molecule has 2 aliphatic heterocycles. The minimum atomic E-state index is -0.278. The fourth-order valence-electron chi connectivity index (χ4n) is 5.73. The number of amides is 2. The van der Waals surface area contributed by atoms with E-state index in [2.05, 4.69) is 33.3 Å². The van der Waals surface area contributed by atoms with E-state index >= 15 is 0 Å². The average molecular weight is 544 g/mol. The fourth-order valence-corrected chi connectivity index (χ4v) is 5.73. The number of carbonyl (C=O) groups is 2. The Labute approximate surface area is 234 Å². The van der Waals surface area contributed by atoms with Crippen molar-refractivity contribution in [1.82, 2.24) is 29.3 Å². The predicted molar refractivity (Wildman–Crippen MR) is 154 cm³/mol. The van der Waals surface area contributed by atoms with Crippen molar-refractivity contribution in [3.63, 3.8) is 0 Å². The number of ether oxygens (including phenoxy) is 1. The van der Waals surface area contributed by atoms with Crippen LogP contribution in [0, 0.1) is 0 Å². The first-order valence-corrected chi connectivity index (χ1v) is 14.3. The van der Waals surface area contributed by atoms with Crippen LogP contribution in [0.2, 0.25) is 0 Å². The van der Waals surface area contributed by atoms with Crippen molar-refractivity contribution in [1.29, 1.82) is 0 Å². The molecule has 2 amide bonds. The van der Waals surface area contributed by atoms with E-state index in [4.69, 9.17) is 9.72 Å². The summed E-state index contributed by atoms with van der Waals surface area (Å²) in [6.07, 6.45) is 8.69. The highest BCUT2D eigenvalue weighted by Gasteiger charge is 2.38. The number of fused-ring (bicyclic) bond motifs is 1. The van der Waals surface area contributed by atoms with Crippen LogP contribution in [-0.2, 0) is 4.74 Å². The molecule has 0 bridgehead atoms. The maximum atomic E-state index is 13.5. The van der Waals surface area contributed by atoms with Crippen molar-refractivity contribution in [3.8, 4) is 0 Å². The van der Waals surface area contributed by atoms with E-state index in [1.165, 1.54) is 0 Å². The van der Waals surface area contributed by atoms with Gasteiger partial charge in [0.1, 0.15) is 0 Å². The van der Waals surface area contributed by atoms with Crippen molar-refractivity contribution in [2.75, 3.05) is 45.2 Å². The molecule has 1 aromatic carbocycles. The van der Waals surface area contributed by atoms with Crippen LogP contribution in [0.3, 0.4) is 0 Å². The molecule has 0 unspecified atom stereocenters. The summed E-state index contributed by atoms with van der Waals surface area (Å²) in [5.41, 5.74) is 4.45. The molecule has 4 heterocycles. The van der Waals surface area contributed by atoms with Crippen LogP contribution in [0.25, 0.3) is 11.2 Å². The van der Waals surface area contributed by atoms with Crippen molar-refractivity contribution in [2.24, 2.45) is 0 Å². The van der Waals surface area contributed by atoms with Crippen LogP contribution in [0.1, 0.15) is 54.9 Å². The molecule has 0 radical (unpaired) electrons. The van der Waals surface area contributed by atoms with Crippen molar-refractivity contribution in [3.05, 3.63) is 59.8 Å². The van der Waals surface area contributed by atoms with Gasteiger partial charge >= 0.3 is 6.09 Å². The number of benzene rings is 1. The lowest BCUT2D eigenvalue weighted by atomic mass is 10.0. The van der Waals surface area contributed by atoms with Crippen LogP contribution in [0.15, 0.2) is 48.7 Å². The third-order valence-corrected chi connectivity index (χ3v) is 8.09. The molecule has 2 aromatic heterocycles. The highest BCUT2D eigenvalue weighted by Crippen LogP contribution is 2.33. The molecule has 10 nitrogen and oxygen atoms in total. The summed E-state index contributed by atoms with van der Waals surface area (Å²) in [4.78, 5) is 36.5. The molecular formula is C30H37N7O3. The topological polar surface area (TPSA) is 95.3 Å². The number of hydrogen-bond donors (Lipinski definition) is 1. The number of piperidine rings is 1. The van der Waals surface area contributed by atoms with Gasteiger partial charge in [-0.05, 0) is 101 Å². The molecular weight excluding hydrogens is 506 g/mol. The first-order valence-electron chi connectivity index (χ1n) is 14.3. The van der Waals surface area contributed by atoms with Gasteiger partial charge in [-0.25, -0.2) is 9.31 Å². The Kier molecular flexibility index (Phi) is 7.42. The third kappa shape index (κ3) is 5.54. The highest BCUT2D eigenvalue weighted by atomic mass is 16.6. The lowest BCUT2D eigenvalue weighted by Crippen LogP contribution is -2.47. The molecule has 0 atom stereocenters. The zero-order valence-corrected chi connectivity index (χ0v) is 23.3. The molecule has 1 N–H and O–H groups in total. The summed E-state index contributed by atoms with van der Waals surface area (Å²) >= 11 is 0. The maximum absolute atomic E-state index is 13.5. The zero-order chi connectivity index (χ0) is 27.6. The molecule has 1 saturated heterocycles. The number of aromatic nitrogens is 3. The largest absolute Gasteiger partial charge is 0.450 e. The Hall–Kier alpha value is -3.92. The molecule has 210 valence electrons. The molecule has 3 aromatic rings. The highest BCUT2D eigenvalue weighted by molar-refractivity contribution is 5.95. The van der Waals surface area contributed by atoms with Gasteiger partial charge in [-0.3, -0.25) is 4.79 Å². The molecule has 10 heteroatoms. The van der Waals surface area contributed by atoms with Gasteiger partial charge in [-0.2, -0.15) is 4.98 Å². The number of carbonyl (C=O) groups excluding carboxylic acids is 2. The van der Waals surface area contributed by atoms with Gasteiger partial charge in [-0.15, -0.1) is 5.10 Å². The van der Waals surface area contributed by atoms with E-state index < -0.39 is 0 Å². The Morgan fingerprint density at radius 2 is 1.80 bits per heavy atom. The lowest BCUT2D eigenvalue weighted by Gasteiger charge is -2.37. The SMILES string of the molecule is CCOC(=O)N1CC=C(c2cccn3nc(Nc4ccc(C(=O)N(C5CC5)C5CCN(C)CC5)cc4)nc23)CC1. The lowest BCUT2D eigenvalue weighted by molar-refractivity contribution is 0.0569. The minimum absolute atomic E-state index is 0.140. The molecule has 1 aliphatic carbocycles. The fraction of sp³-hybridized carbons (Fsp3) is 0.467. The summed E-state index contributed by atoms with van der Waals surface area (Å²) in [6.45, 7) is 5.38. The Morgan fingerprint density at radius 3 is 2.48 bits per heavy atom. The molecule has 1 saturated carbocycles. The van der Waals surface area contributed by atoms with Crippen LogP contribution in [0.5, 0.6) is 0 Å². The number of likely N-dealkylation sites (tertiary alicyclic amines) is 1. The number of nitrogens with one attached hydrogen (secondary N) is 1. The number of pyridine rings is 1. The summed E-state index contributed by atoms with van der Waals surface area (Å²) < 4.78 is 6.90. The number of hydrogen-bond acceptors (Lipinski definition) is 7. The molecule has 3 aliphatic rings. The van der Waals surface area contributed by atoms with Gasteiger partial charge in [0, 0.05) is 48.2 Å². The van der Waals surface area contributed by atoms with Gasteiger partial charge in [0.2, 0.25) is 5.95 Å². The standard InChI is InChI=1S/C30H37N7O3/c1-3-40-30(39)35-19-12-21(13-20-35)26-5-4-16-36-27(26)32-29(33-36)31-23-8-6-22(7-9-23)28(38)37(24-10-11-24)25-14-17-34(2)18-15-25/h4-9,12,16,24-25H,3,10-11,13-15,17-20H2,1-2H3,(H,31,33). The van der Waals surface area contributed by atoms with Gasteiger partial charge in [0.25, 0.3) is 5.91 Å². The normalized spacial score (nSPS) is 18.4. The monoisotopic (exact) mass is 543 g/mol. The maximum Gasteiger partial charge on any atom is 0.410 e. The van der Waals surface area contributed by atoms with Crippen LogP contribution < -0.4 is 5.32 Å². The summed E-state index contributed by atoms with van der Waals surface area (Å²) in [5.74, 6) is 0.628. The van der Waals surface area contributed by atoms with E-state index in [1.807, 2.05) is 49.5 Å². The van der Waals surface area contributed by atoms with Crippen molar-refractivity contribution >= 4 is 34.9 Å². The van der Waals surface area contributed by atoms with Crippen molar-refractivity contribution in [2.45, 2.75) is 51.1 Å². The second-order valence-electron chi connectivity index (χ2n) is 10.9. The van der Waals surface area contributed by atoms with Crippen LogP contribution >= 0.6 is 0 Å². The van der Waals surface area contributed by atoms with Gasteiger partial charge < -0.3 is 24.8 Å². The third-order valence-electron chi connectivity index (χ3n) is 8.09. The second-order valence-corrected chi connectivity index (χ2v) is 10.9. The van der Waals surface area contributed by atoms with E-state index in [1.54, 1.807) is 9.42 Å². The second kappa shape index (κ2) is 11.3. The van der Waals surface area contributed by atoms with Gasteiger partial charge in [-0.1, -0.05) is 6.08 Å². The number of rotatable bonds is 7. The average Bonchev–Trinajstić information content (AvgIpc) is 3.72. The summed E-state index contributed by atoms with van der Waals surface area (Å²) in [5, 5.41) is 7.91. The van der Waals surface area contributed by atoms with E-state index in [0.717, 1.165) is 73.2 Å². The molecule has 6 rings (SSSR count). The number of anilines is 2. The molecule has 40 heavy (non-hydrogen) atoms. The van der Waals surface area contributed by atoms with E-state index in [-0.39, 0.29) is 12.0 Å². The predicted octanol–water partition coefficient (Wildman–Crippen LogP) is 4.42. The van der Waals surface area contributed by atoms with E-state index in [0.29, 0.717) is 37.7 Å². The van der Waals surface area contributed by atoms with E-state index in [9.17, 15) is 9.59 Å². The number of nitrogens with zero attached hydrogens (tertiary/aromatic N) is 6. The Morgan fingerprint density at radius 1 is 1.05 bits per heavy atom. The van der Waals surface area contributed by atoms with Crippen LogP contribution in [-0.4, -0.2) is 93.2 Å². The summed E-state index contributed by atoms with van der Waals surface area (Å²) in [7, 11) is 2.15. The molecule has 2 fully saturated rings. The smallest absolute Gasteiger partial charge is 0.410 e.